The molecule has 1 saturated carbocycles. The average Bonchev–Trinajstić information content (AvgIpc) is 3.64. The summed E-state index contributed by atoms with van der Waals surface area (Å²) < 4.78 is 32.2. The SMILES string of the molecule is C=CC(=O)OCCCCCCC1CCC(c2ccc(-c3ccc(C(=O)Oc4ccc(C5O[C@@H](C(=O)OCC)[C@H](C(=O)OCC)O5)cc4)cc3)cc2)CC1. The summed E-state index contributed by atoms with van der Waals surface area (Å²) >= 11 is 0. The van der Waals surface area contributed by atoms with E-state index < -0.39 is 36.4 Å². The Balaban J connectivity index is 1.06. The van der Waals surface area contributed by atoms with Gasteiger partial charge in [0.1, 0.15) is 5.75 Å². The largest absolute Gasteiger partial charge is 0.464 e. The van der Waals surface area contributed by atoms with Crippen molar-refractivity contribution in [3.8, 4) is 16.9 Å². The Morgan fingerprint density at radius 3 is 1.79 bits per heavy atom. The lowest BCUT2D eigenvalue weighted by Crippen LogP contribution is -2.39. The second-order valence-electron chi connectivity index (χ2n) is 13.4. The van der Waals surface area contributed by atoms with Crippen molar-refractivity contribution in [3.63, 3.8) is 0 Å². The van der Waals surface area contributed by atoms with E-state index >= 15 is 0 Å². The number of hydrogen-bond donors (Lipinski definition) is 0. The molecule has 0 radical (unpaired) electrons. The molecule has 2 atom stereocenters. The Hall–Kier alpha value is -4.80. The molecule has 1 heterocycles. The van der Waals surface area contributed by atoms with Crippen LogP contribution in [0.5, 0.6) is 5.75 Å². The smallest absolute Gasteiger partial charge is 0.343 e. The van der Waals surface area contributed by atoms with Crippen molar-refractivity contribution in [2.45, 2.75) is 96.1 Å². The number of rotatable bonds is 17. The number of hydrogen-bond acceptors (Lipinski definition) is 10. The molecule has 0 unspecified atom stereocenters. The average molecular weight is 727 g/mol. The van der Waals surface area contributed by atoms with Crippen molar-refractivity contribution in [3.05, 3.63) is 102 Å². The van der Waals surface area contributed by atoms with Crippen LogP contribution in [0.4, 0.5) is 0 Å². The van der Waals surface area contributed by atoms with Crippen molar-refractivity contribution in [1.29, 1.82) is 0 Å². The zero-order valence-corrected chi connectivity index (χ0v) is 30.7. The van der Waals surface area contributed by atoms with Crippen LogP contribution < -0.4 is 4.74 Å². The zero-order valence-electron chi connectivity index (χ0n) is 30.7. The van der Waals surface area contributed by atoms with Gasteiger partial charge < -0.3 is 28.4 Å². The van der Waals surface area contributed by atoms with Gasteiger partial charge in [-0.3, -0.25) is 0 Å². The summed E-state index contributed by atoms with van der Waals surface area (Å²) in [4.78, 5) is 48.9. The minimum atomic E-state index is -1.26. The van der Waals surface area contributed by atoms with Gasteiger partial charge in [0.2, 0.25) is 0 Å². The number of esters is 4. The molecule has 282 valence electrons. The van der Waals surface area contributed by atoms with E-state index in [9.17, 15) is 19.2 Å². The second-order valence-corrected chi connectivity index (χ2v) is 13.4. The monoisotopic (exact) mass is 726 g/mol. The highest BCUT2D eigenvalue weighted by atomic mass is 16.8. The summed E-state index contributed by atoms with van der Waals surface area (Å²) in [7, 11) is 0. The summed E-state index contributed by atoms with van der Waals surface area (Å²) in [5.41, 5.74) is 4.43. The molecule has 1 aliphatic carbocycles. The molecule has 2 aliphatic rings. The highest BCUT2D eigenvalue weighted by molar-refractivity contribution is 5.91. The van der Waals surface area contributed by atoms with E-state index in [-0.39, 0.29) is 19.2 Å². The molecule has 10 nitrogen and oxygen atoms in total. The molecule has 5 rings (SSSR count). The fourth-order valence-corrected chi connectivity index (χ4v) is 6.92. The van der Waals surface area contributed by atoms with E-state index in [1.165, 1.54) is 56.6 Å². The van der Waals surface area contributed by atoms with Gasteiger partial charge in [0.25, 0.3) is 0 Å². The molecule has 1 aliphatic heterocycles. The minimum Gasteiger partial charge on any atom is -0.464 e. The van der Waals surface area contributed by atoms with Gasteiger partial charge in [-0.25, -0.2) is 19.2 Å². The Labute approximate surface area is 311 Å². The fraction of sp³-hybridized carbons (Fsp3) is 0.442. The van der Waals surface area contributed by atoms with E-state index in [1.54, 1.807) is 50.2 Å². The molecule has 2 fully saturated rings. The Morgan fingerprint density at radius 2 is 1.23 bits per heavy atom. The standard InChI is InChI=1S/C43H50O10/c1-4-37(44)50-28-10-8-7-9-11-29-12-14-30(15-13-29)31-16-18-32(19-17-31)33-20-22-34(23-21-33)40(45)51-36-26-24-35(25-27-36)43-52-38(41(46)48-5-2)39(53-43)42(47)49-6-3/h4,16-27,29-30,38-39,43H,1,5-15,28H2,2-3H3/t29?,30?,38-,39-/m1/s1. The third kappa shape index (κ3) is 11.1. The first kappa shape index (κ1) is 39.4. The van der Waals surface area contributed by atoms with Crippen LogP contribution in [-0.2, 0) is 38.1 Å². The third-order valence-electron chi connectivity index (χ3n) is 9.82. The Kier molecular flexibility index (Phi) is 14.8. The topological polar surface area (TPSA) is 124 Å². The molecule has 3 aromatic carbocycles. The van der Waals surface area contributed by atoms with E-state index in [1.807, 2.05) is 12.1 Å². The predicted molar refractivity (Wildman–Crippen MR) is 198 cm³/mol. The van der Waals surface area contributed by atoms with Crippen molar-refractivity contribution in [2.75, 3.05) is 19.8 Å². The van der Waals surface area contributed by atoms with Gasteiger partial charge >= 0.3 is 23.9 Å². The van der Waals surface area contributed by atoms with E-state index in [0.29, 0.717) is 29.4 Å². The number of ether oxygens (including phenoxy) is 6. The number of unbranched alkanes of at least 4 members (excludes halogenated alkanes) is 3. The van der Waals surface area contributed by atoms with Crippen LogP contribution in [-0.4, -0.2) is 55.9 Å². The molecule has 0 spiro atoms. The van der Waals surface area contributed by atoms with E-state index in [0.717, 1.165) is 29.9 Å². The summed E-state index contributed by atoms with van der Waals surface area (Å²) in [5, 5.41) is 0. The summed E-state index contributed by atoms with van der Waals surface area (Å²) in [6.45, 7) is 7.46. The van der Waals surface area contributed by atoms with Gasteiger partial charge in [0, 0.05) is 11.6 Å². The van der Waals surface area contributed by atoms with Crippen LogP contribution in [0.3, 0.4) is 0 Å². The van der Waals surface area contributed by atoms with Gasteiger partial charge in [-0.2, -0.15) is 0 Å². The lowest BCUT2D eigenvalue weighted by atomic mass is 9.77. The maximum atomic E-state index is 13.0. The lowest BCUT2D eigenvalue weighted by molar-refractivity contribution is -0.163. The second kappa shape index (κ2) is 19.9. The molecule has 10 heteroatoms. The van der Waals surface area contributed by atoms with E-state index in [4.69, 9.17) is 28.4 Å². The third-order valence-corrected chi connectivity index (χ3v) is 9.82. The zero-order chi connectivity index (χ0) is 37.6. The first-order valence-corrected chi connectivity index (χ1v) is 18.8. The van der Waals surface area contributed by atoms with E-state index in [2.05, 4.69) is 30.8 Å². The maximum Gasteiger partial charge on any atom is 0.343 e. The van der Waals surface area contributed by atoms with Crippen LogP contribution in [0, 0.1) is 5.92 Å². The quantitative estimate of drug-likeness (QED) is 0.0440. The molecule has 53 heavy (non-hydrogen) atoms. The minimum absolute atomic E-state index is 0.125. The number of carbonyl (C=O) groups is 4. The molecule has 0 aromatic heterocycles. The molecular formula is C43H50O10. The highest BCUT2D eigenvalue weighted by Crippen LogP contribution is 2.38. The first-order chi connectivity index (χ1) is 25.8. The van der Waals surface area contributed by atoms with Gasteiger partial charge in [0.05, 0.1) is 25.4 Å². The maximum absolute atomic E-state index is 13.0. The van der Waals surface area contributed by atoms with Crippen LogP contribution in [0.1, 0.15) is 105 Å². The van der Waals surface area contributed by atoms with Crippen LogP contribution in [0.2, 0.25) is 0 Å². The molecule has 1 saturated heterocycles. The predicted octanol–water partition coefficient (Wildman–Crippen LogP) is 8.44. The number of benzene rings is 3. The number of carbonyl (C=O) groups excluding carboxylic acids is 4. The Morgan fingerprint density at radius 1 is 0.679 bits per heavy atom. The summed E-state index contributed by atoms with van der Waals surface area (Å²) in [6.07, 6.45) is 8.34. The fourth-order valence-electron chi connectivity index (χ4n) is 6.92. The first-order valence-electron chi connectivity index (χ1n) is 18.8. The van der Waals surface area contributed by atoms with Crippen molar-refractivity contribution in [1.82, 2.24) is 0 Å². The molecule has 0 bridgehead atoms. The Bertz CT molecular complexity index is 1630. The van der Waals surface area contributed by atoms with Gasteiger partial charge in [-0.15, -0.1) is 0 Å². The normalized spacial score (nSPS) is 20.0. The molecule has 3 aromatic rings. The lowest BCUT2D eigenvalue weighted by Gasteiger charge is -2.29. The molecule has 0 N–H and O–H groups in total. The van der Waals surface area contributed by atoms with Gasteiger partial charge in [0.15, 0.2) is 18.5 Å². The van der Waals surface area contributed by atoms with Gasteiger partial charge in [-0.1, -0.05) is 80.8 Å². The van der Waals surface area contributed by atoms with Crippen molar-refractivity contribution < 1.29 is 47.6 Å². The molecular weight excluding hydrogens is 676 g/mol. The van der Waals surface area contributed by atoms with Crippen LogP contribution >= 0.6 is 0 Å². The van der Waals surface area contributed by atoms with Gasteiger partial charge in [-0.05, 0) is 98.7 Å². The summed E-state index contributed by atoms with van der Waals surface area (Å²) in [5.74, 6) is -0.559. The molecule has 0 amide bonds. The highest BCUT2D eigenvalue weighted by Gasteiger charge is 2.47. The summed E-state index contributed by atoms with van der Waals surface area (Å²) in [6, 6.07) is 22.6. The van der Waals surface area contributed by atoms with Crippen LogP contribution in [0.15, 0.2) is 85.5 Å². The van der Waals surface area contributed by atoms with Crippen LogP contribution in [0.25, 0.3) is 11.1 Å². The van der Waals surface area contributed by atoms with Crippen molar-refractivity contribution >= 4 is 23.9 Å². The van der Waals surface area contributed by atoms with Crippen molar-refractivity contribution in [2.24, 2.45) is 5.92 Å².